The highest BCUT2D eigenvalue weighted by atomic mass is 16.1. The van der Waals surface area contributed by atoms with Crippen LogP contribution < -0.4 is 5.32 Å². The van der Waals surface area contributed by atoms with Gasteiger partial charge in [0.25, 0.3) is 5.91 Å². The quantitative estimate of drug-likeness (QED) is 0.780. The van der Waals surface area contributed by atoms with Crippen LogP contribution in [0.3, 0.4) is 0 Å². The van der Waals surface area contributed by atoms with Crippen molar-refractivity contribution in [3.63, 3.8) is 0 Å². The highest BCUT2D eigenvalue weighted by molar-refractivity contribution is 5.92. The van der Waals surface area contributed by atoms with Crippen molar-refractivity contribution in [2.24, 2.45) is 0 Å². The Balaban J connectivity index is 1.44. The molecule has 5 nitrogen and oxygen atoms in total. The third-order valence-electron chi connectivity index (χ3n) is 4.75. The number of amides is 1. The topological polar surface area (TPSA) is 49.6 Å². The molecule has 1 fully saturated rings. The fourth-order valence-corrected chi connectivity index (χ4v) is 3.38. The molecule has 1 saturated heterocycles. The molecule has 5 heteroatoms. The van der Waals surface area contributed by atoms with E-state index in [4.69, 9.17) is 0 Å². The number of likely N-dealkylation sites (tertiary alicyclic amines) is 1. The molecule has 1 N–H and O–H groups in total. The summed E-state index contributed by atoms with van der Waals surface area (Å²) >= 11 is 0. The van der Waals surface area contributed by atoms with Gasteiger partial charge >= 0.3 is 0 Å². The minimum Gasteiger partial charge on any atom is -0.347 e. The van der Waals surface area contributed by atoms with Crippen LogP contribution in [0.25, 0.3) is 5.65 Å². The second-order valence-electron chi connectivity index (χ2n) is 6.53. The Bertz CT molecular complexity index is 847. The van der Waals surface area contributed by atoms with Gasteiger partial charge in [-0.25, -0.2) is 4.98 Å². The number of fused-ring (bicyclic) bond motifs is 1. The SMILES string of the molecule is O=C(NCc1ccccc1CN1CCCC1)c1cn2ccccc2n1. The van der Waals surface area contributed by atoms with Gasteiger partial charge < -0.3 is 9.72 Å². The number of carbonyl (C=O) groups excluding carboxylic acids is 1. The van der Waals surface area contributed by atoms with Crippen LogP contribution in [0.2, 0.25) is 0 Å². The maximum absolute atomic E-state index is 12.4. The van der Waals surface area contributed by atoms with Crippen molar-refractivity contribution >= 4 is 11.6 Å². The van der Waals surface area contributed by atoms with Gasteiger partial charge in [-0.2, -0.15) is 0 Å². The Morgan fingerprint density at radius 2 is 1.80 bits per heavy atom. The molecule has 2 aromatic heterocycles. The zero-order valence-corrected chi connectivity index (χ0v) is 14.2. The number of hydrogen-bond acceptors (Lipinski definition) is 3. The number of nitrogens with zero attached hydrogens (tertiary/aromatic N) is 3. The summed E-state index contributed by atoms with van der Waals surface area (Å²) in [5.74, 6) is -0.139. The predicted octanol–water partition coefficient (Wildman–Crippen LogP) is 2.86. The van der Waals surface area contributed by atoms with Crippen LogP contribution in [-0.4, -0.2) is 33.3 Å². The Morgan fingerprint density at radius 3 is 2.60 bits per heavy atom. The lowest BCUT2D eigenvalue weighted by molar-refractivity contribution is 0.0946. The van der Waals surface area contributed by atoms with Crippen LogP contribution in [0.4, 0.5) is 0 Å². The summed E-state index contributed by atoms with van der Waals surface area (Å²) in [6.07, 6.45) is 6.23. The lowest BCUT2D eigenvalue weighted by Crippen LogP contribution is -2.25. The molecule has 1 aromatic carbocycles. The highest BCUT2D eigenvalue weighted by Crippen LogP contribution is 2.16. The standard InChI is InChI=1S/C20H22N4O/c25-20(18-15-24-12-4-3-9-19(24)22-18)21-13-16-7-1-2-8-17(16)14-23-10-5-6-11-23/h1-4,7-9,12,15H,5-6,10-11,13-14H2,(H,21,25). The van der Waals surface area contributed by atoms with Crippen molar-refractivity contribution in [3.8, 4) is 0 Å². The first-order valence-corrected chi connectivity index (χ1v) is 8.81. The highest BCUT2D eigenvalue weighted by Gasteiger charge is 2.15. The fourth-order valence-electron chi connectivity index (χ4n) is 3.38. The first-order valence-electron chi connectivity index (χ1n) is 8.81. The Morgan fingerprint density at radius 1 is 1.04 bits per heavy atom. The lowest BCUT2D eigenvalue weighted by atomic mass is 10.1. The van der Waals surface area contributed by atoms with E-state index in [9.17, 15) is 4.79 Å². The summed E-state index contributed by atoms with van der Waals surface area (Å²) in [6, 6.07) is 14.1. The Kier molecular flexibility index (Phi) is 4.48. The van der Waals surface area contributed by atoms with Crippen LogP contribution in [-0.2, 0) is 13.1 Å². The maximum atomic E-state index is 12.4. The van der Waals surface area contributed by atoms with E-state index in [1.807, 2.05) is 34.9 Å². The molecule has 0 unspecified atom stereocenters. The summed E-state index contributed by atoms with van der Waals surface area (Å²) in [5, 5.41) is 3.01. The molecular formula is C20H22N4O. The molecule has 1 aliphatic rings. The molecule has 3 aromatic rings. The number of rotatable bonds is 5. The number of hydrogen-bond donors (Lipinski definition) is 1. The molecule has 0 atom stereocenters. The van der Waals surface area contributed by atoms with E-state index in [2.05, 4.69) is 33.4 Å². The monoisotopic (exact) mass is 334 g/mol. The zero-order valence-electron chi connectivity index (χ0n) is 14.2. The number of nitrogens with one attached hydrogen (secondary N) is 1. The Labute approximate surface area is 147 Å². The van der Waals surface area contributed by atoms with Crippen molar-refractivity contribution in [1.29, 1.82) is 0 Å². The first kappa shape index (κ1) is 15.8. The van der Waals surface area contributed by atoms with Crippen LogP contribution in [0, 0.1) is 0 Å². The molecule has 1 aliphatic heterocycles. The van der Waals surface area contributed by atoms with Gasteiger partial charge in [0.2, 0.25) is 0 Å². The van der Waals surface area contributed by atoms with E-state index in [0.717, 1.165) is 12.2 Å². The summed E-state index contributed by atoms with van der Waals surface area (Å²) < 4.78 is 1.86. The van der Waals surface area contributed by atoms with Crippen molar-refractivity contribution < 1.29 is 4.79 Å². The van der Waals surface area contributed by atoms with Crippen molar-refractivity contribution in [3.05, 3.63) is 71.7 Å². The average Bonchev–Trinajstić information content (AvgIpc) is 3.30. The third kappa shape index (κ3) is 3.56. The number of imidazole rings is 1. The van der Waals surface area contributed by atoms with Gasteiger partial charge in [-0.05, 0) is 49.2 Å². The molecule has 0 bridgehead atoms. The van der Waals surface area contributed by atoms with Crippen LogP contribution >= 0.6 is 0 Å². The van der Waals surface area contributed by atoms with E-state index in [-0.39, 0.29) is 5.91 Å². The minimum absolute atomic E-state index is 0.139. The van der Waals surface area contributed by atoms with Crippen molar-refractivity contribution in [1.82, 2.24) is 19.6 Å². The largest absolute Gasteiger partial charge is 0.347 e. The third-order valence-corrected chi connectivity index (χ3v) is 4.75. The number of pyridine rings is 1. The van der Waals surface area contributed by atoms with Gasteiger partial charge in [0.1, 0.15) is 11.3 Å². The van der Waals surface area contributed by atoms with E-state index in [0.29, 0.717) is 12.2 Å². The van der Waals surface area contributed by atoms with Crippen LogP contribution in [0.15, 0.2) is 54.9 Å². The number of benzene rings is 1. The van der Waals surface area contributed by atoms with Gasteiger partial charge in [0.05, 0.1) is 0 Å². The number of carbonyl (C=O) groups is 1. The van der Waals surface area contributed by atoms with Crippen LogP contribution in [0.1, 0.15) is 34.5 Å². The van der Waals surface area contributed by atoms with Gasteiger partial charge in [-0.1, -0.05) is 30.3 Å². The van der Waals surface area contributed by atoms with Gasteiger partial charge in [-0.15, -0.1) is 0 Å². The molecule has 0 radical (unpaired) electrons. The maximum Gasteiger partial charge on any atom is 0.271 e. The molecule has 4 rings (SSSR count). The van der Waals surface area contributed by atoms with E-state index >= 15 is 0 Å². The molecule has 128 valence electrons. The molecule has 0 spiro atoms. The summed E-state index contributed by atoms with van der Waals surface area (Å²) in [7, 11) is 0. The average molecular weight is 334 g/mol. The van der Waals surface area contributed by atoms with E-state index in [1.54, 1.807) is 6.20 Å². The predicted molar refractivity (Wildman–Crippen MR) is 97.3 cm³/mol. The summed E-state index contributed by atoms with van der Waals surface area (Å²) in [4.78, 5) is 19.3. The Hall–Kier alpha value is -2.66. The second kappa shape index (κ2) is 7.07. The minimum atomic E-state index is -0.139. The lowest BCUT2D eigenvalue weighted by Gasteiger charge is -2.17. The van der Waals surface area contributed by atoms with Crippen molar-refractivity contribution in [2.75, 3.05) is 13.1 Å². The van der Waals surface area contributed by atoms with Gasteiger partial charge in [-0.3, -0.25) is 9.69 Å². The molecule has 3 heterocycles. The summed E-state index contributed by atoms with van der Waals surface area (Å²) in [5.41, 5.74) is 3.69. The van der Waals surface area contributed by atoms with E-state index < -0.39 is 0 Å². The van der Waals surface area contributed by atoms with Gasteiger partial charge in [0.15, 0.2) is 0 Å². The summed E-state index contributed by atoms with van der Waals surface area (Å²) in [6.45, 7) is 3.82. The molecule has 1 amide bonds. The molecular weight excluding hydrogens is 312 g/mol. The fraction of sp³-hybridized carbons (Fsp3) is 0.300. The van der Waals surface area contributed by atoms with Crippen molar-refractivity contribution in [2.45, 2.75) is 25.9 Å². The molecule has 25 heavy (non-hydrogen) atoms. The normalized spacial score (nSPS) is 14.9. The molecule has 0 saturated carbocycles. The zero-order chi connectivity index (χ0) is 17.1. The smallest absolute Gasteiger partial charge is 0.271 e. The van der Waals surface area contributed by atoms with E-state index in [1.165, 1.54) is 37.1 Å². The van der Waals surface area contributed by atoms with Crippen LogP contribution in [0.5, 0.6) is 0 Å². The second-order valence-corrected chi connectivity index (χ2v) is 6.53. The van der Waals surface area contributed by atoms with Gasteiger partial charge in [0, 0.05) is 25.5 Å². The molecule has 0 aliphatic carbocycles. The number of aromatic nitrogens is 2. The first-order chi connectivity index (χ1) is 12.3.